The van der Waals surface area contributed by atoms with Crippen LogP contribution in [0, 0.1) is 0 Å². The second-order valence-corrected chi connectivity index (χ2v) is 6.42. The van der Waals surface area contributed by atoms with Crippen LogP contribution in [0.5, 0.6) is 5.75 Å². The quantitative estimate of drug-likeness (QED) is 0.781. The normalized spacial score (nSPS) is 12.6. The number of carbonyl (C=O) groups is 1. The molecular weight excluding hydrogens is 320 g/mol. The maximum Gasteiger partial charge on any atom is 0.337 e. The molecule has 0 heterocycles. The molecule has 0 saturated heterocycles. The molecule has 6 nitrogen and oxygen atoms in total. The summed E-state index contributed by atoms with van der Waals surface area (Å²) in [7, 11) is -3.77. The van der Waals surface area contributed by atoms with Gasteiger partial charge in [-0.25, -0.2) is 4.79 Å². The highest BCUT2D eigenvalue weighted by atomic mass is 32.2. The molecule has 1 N–H and O–H groups in total. The van der Waals surface area contributed by atoms with Crippen LogP contribution in [0.25, 0.3) is 0 Å². The van der Waals surface area contributed by atoms with Crippen molar-refractivity contribution in [1.29, 1.82) is 0 Å². The number of para-hydroxylation sites is 1. The topological polar surface area (TPSA) is 89.9 Å². The minimum atomic E-state index is -3.77. The lowest BCUT2D eigenvalue weighted by molar-refractivity contribution is -0.151. The first-order chi connectivity index (χ1) is 10.9. The van der Waals surface area contributed by atoms with E-state index in [-0.39, 0.29) is 17.9 Å². The predicted octanol–water partition coefficient (Wildman–Crippen LogP) is 2.37. The Hall–Kier alpha value is -2.38. The first kappa shape index (κ1) is 17.0. The molecular formula is C16H16O6S. The van der Waals surface area contributed by atoms with Crippen molar-refractivity contribution >= 4 is 16.1 Å². The summed E-state index contributed by atoms with van der Waals surface area (Å²) in [5.41, 5.74) is 0.946. The molecule has 0 aliphatic heterocycles. The van der Waals surface area contributed by atoms with E-state index in [1.54, 1.807) is 24.3 Å². The van der Waals surface area contributed by atoms with Crippen LogP contribution in [-0.4, -0.2) is 25.7 Å². The molecule has 23 heavy (non-hydrogen) atoms. The number of hydrogen-bond donors (Lipinski definition) is 1. The molecule has 2 aromatic rings. The average Bonchev–Trinajstić information content (AvgIpc) is 2.48. The zero-order valence-corrected chi connectivity index (χ0v) is 13.2. The van der Waals surface area contributed by atoms with Crippen LogP contribution < -0.4 is 4.18 Å². The van der Waals surface area contributed by atoms with E-state index in [4.69, 9.17) is 8.92 Å². The SMILES string of the molecule is CS(=O)(=O)Oc1ccccc1C(OCc1ccccc1)C(=O)O. The van der Waals surface area contributed by atoms with Gasteiger partial charge in [0.2, 0.25) is 0 Å². The molecule has 2 aromatic carbocycles. The van der Waals surface area contributed by atoms with Crippen molar-refractivity contribution in [3.63, 3.8) is 0 Å². The summed E-state index contributed by atoms with van der Waals surface area (Å²) in [6, 6.07) is 15.1. The van der Waals surface area contributed by atoms with E-state index in [9.17, 15) is 18.3 Å². The van der Waals surface area contributed by atoms with Crippen molar-refractivity contribution in [2.45, 2.75) is 12.7 Å². The number of hydrogen-bond acceptors (Lipinski definition) is 5. The van der Waals surface area contributed by atoms with E-state index < -0.39 is 22.2 Å². The fourth-order valence-electron chi connectivity index (χ4n) is 1.98. The summed E-state index contributed by atoms with van der Waals surface area (Å²) in [5, 5.41) is 9.40. The van der Waals surface area contributed by atoms with Crippen LogP contribution in [0.2, 0.25) is 0 Å². The minimum Gasteiger partial charge on any atom is -0.479 e. The third-order valence-corrected chi connectivity index (χ3v) is 3.41. The van der Waals surface area contributed by atoms with Crippen molar-refractivity contribution in [2.24, 2.45) is 0 Å². The first-order valence-corrected chi connectivity index (χ1v) is 8.55. The zero-order chi connectivity index (χ0) is 16.9. The molecule has 0 saturated carbocycles. The van der Waals surface area contributed by atoms with E-state index in [1.165, 1.54) is 12.1 Å². The third kappa shape index (κ3) is 5.08. The van der Waals surface area contributed by atoms with Crippen molar-refractivity contribution in [3.05, 3.63) is 65.7 Å². The Kier molecular flexibility index (Phi) is 5.36. The highest BCUT2D eigenvalue weighted by Gasteiger charge is 2.25. The Morgan fingerprint density at radius 3 is 2.30 bits per heavy atom. The van der Waals surface area contributed by atoms with Crippen molar-refractivity contribution in [1.82, 2.24) is 0 Å². The lowest BCUT2D eigenvalue weighted by atomic mass is 10.1. The van der Waals surface area contributed by atoms with Gasteiger partial charge < -0.3 is 14.0 Å². The number of rotatable bonds is 7. The van der Waals surface area contributed by atoms with Crippen LogP contribution in [0.15, 0.2) is 54.6 Å². The summed E-state index contributed by atoms with van der Waals surface area (Å²) in [4.78, 5) is 11.5. The highest BCUT2D eigenvalue weighted by molar-refractivity contribution is 7.86. The average molecular weight is 336 g/mol. The van der Waals surface area contributed by atoms with E-state index in [0.29, 0.717) is 0 Å². The van der Waals surface area contributed by atoms with Crippen LogP contribution in [0.4, 0.5) is 0 Å². The predicted molar refractivity (Wildman–Crippen MR) is 83.5 cm³/mol. The Labute approximate surface area is 134 Å². The number of benzene rings is 2. The van der Waals surface area contributed by atoms with Gasteiger partial charge in [0.1, 0.15) is 5.75 Å². The van der Waals surface area contributed by atoms with Gasteiger partial charge >= 0.3 is 16.1 Å². The lowest BCUT2D eigenvalue weighted by Crippen LogP contribution is -2.17. The van der Waals surface area contributed by atoms with Crippen molar-refractivity contribution in [2.75, 3.05) is 6.26 Å². The monoisotopic (exact) mass is 336 g/mol. The second kappa shape index (κ2) is 7.26. The molecule has 0 amide bonds. The van der Waals surface area contributed by atoms with E-state index in [0.717, 1.165) is 11.8 Å². The van der Waals surface area contributed by atoms with Gasteiger partial charge in [0.25, 0.3) is 0 Å². The van der Waals surface area contributed by atoms with Gasteiger partial charge in [0.15, 0.2) is 6.10 Å². The standard InChI is InChI=1S/C16H16O6S/c1-23(19,20)22-14-10-6-5-9-13(14)15(16(17)18)21-11-12-7-3-2-4-8-12/h2-10,15H,11H2,1H3,(H,17,18). The molecule has 0 aliphatic carbocycles. The van der Waals surface area contributed by atoms with Crippen molar-refractivity contribution < 1.29 is 27.2 Å². The Bertz CT molecular complexity index is 770. The molecule has 1 atom stereocenters. The number of carboxylic acid groups (broad SMARTS) is 1. The molecule has 0 aliphatic rings. The number of ether oxygens (including phenoxy) is 1. The summed E-state index contributed by atoms with van der Waals surface area (Å²) in [6.07, 6.45) is -0.446. The number of carboxylic acids is 1. The van der Waals surface area contributed by atoms with Gasteiger partial charge in [-0.05, 0) is 11.6 Å². The van der Waals surface area contributed by atoms with Gasteiger partial charge in [-0.15, -0.1) is 0 Å². The summed E-state index contributed by atoms with van der Waals surface area (Å²) >= 11 is 0. The van der Waals surface area contributed by atoms with Gasteiger partial charge in [-0.2, -0.15) is 8.42 Å². The molecule has 2 rings (SSSR count). The van der Waals surface area contributed by atoms with E-state index in [1.807, 2.05) is 18.2 Å². The van der Waals surface area contributed by atoms with Crippen molar-refractivity contribution in [3.8, 4) is 5.75 Å². The minimum absolute atomic E-state index is 0.0598. The molecule has 0 fully saturated rings. The van der Waals surface area contributed by atoms with E-state index in [2.05, 4.69) is 0 Å². The zero-order valence-electron chi connectivity index (χ0n) is 12.4. The van der Waals surface area contributed by atoms with Gasteiger partial charge in [0.05, 0.1) is 12.9 Å². The van der Waals surface area contributed by atoms with Crippen LogP contribution in [0.1, 0.15) is 17.2 Å². The van der Waals surface area contributed by atoms with Crippen LogP contribution >= 0.6 is 0 Å². The number of aliphatic carboxylic acids is 1. The largest absolute Gasteiger partial charge is 0.479 e. The fraction of sp³-hybridized carbons (Fsp3) is 0.188. The maximum absolute atomic E-state index is 11.5. The molecule has 0 aromatic heterocycles. The second-order valence-electron chi connectivity index (χ2n) is 4.84. The fourth-order valence-corrected chi connectivity index (χ4v) is 2.46. The summed E-state index contributed by atoms with van der Waals surface area (Å²) < 4.78 is 32.9. The summed E-state index contributed by atoms with van der Waals surface area (Å²) in [6.45, 7) is 0.0744. The molecule has 0 bridgehead atoms. The molecule has 0 radical (unpaired) electrons. The Morgan fingerprint density at radius 2 is 1.70 bits per heavy atom. The van der Waals surface area contributed by atoms with Crippen LogP contribution in [-0.2, 0) is 26.3 Å². The van der Waals surface area contributed by atoms with Gasteiger partial charge in [0, 0.05) is 5.56 Å². The summed E-state index contributed by atoms with van der Waals surface area (Å²) in [5.74, 6) is -1.29. The van der Waals surface area contributed by atoms with E-state index >= 15 is 0 Å². The lowest BCUT2D eigenvalue weighted by Gasteiger charge is -2.17. The molecule has 0 spiro atoms. The smallest absolute Gasteiger partial charge is 0.337 e. The molecule has 122 valence electrons. The Morgan fingerprint density at radius 1 is 1.09 bits per heavy atom. The van der Waals surface area contributed by atoms with Gasteiger partial charge in [-0.1, -0.05) is 48.5 Å². The molecule has 1 unspecified atom stereocenters. The van der Waals surface area contributed by atoms with Crippen LogP contribution in [0.3, 0.4) is 0 Å². The Balaban J connectivity index is 2.26. The highest BCUT2D eigenvalue weighted by Crippen LogP contribution is 2.29. The first-order valence-electron chi connectivity index (χ1n) is 6.73. The molecule has 7 heteroatoms. The van der Waals surface area contributed by atoms with Gasteiger partial charge in [-0.3, -0.25) is 0 Å². The maximum atomic E-state index is 11.5. The third-order valence-electron chi connectivity index (χ3n) is 2.93.